The van der Waals surface area contributed by atoms with Gasteiger partial charge in [-0.25, -0.2) is 0 Å². The molecule has 3 nitrogen and oxygen atoms in total. The van der Waals surface area contributed by atoms with Crippen molar-refractivity contribution in [3.63, 3.8) is 0 Å². The minimum absolute atomic E-state index is 0.125. The molecule has 1 aliphatic rings. The summed E-state index contributed by atoms with van der Waals surface area (Å²) in [4.78, 5) is 11.1. The molecular weight excluding hydrogens is 214 g/mol. The molecule has 0 radical (unpaired) electrons. The van der Waals surface area contributed by atoms with E-state index in [1.807, 2.05) is 0 Å². The van der Waals surface area contributed by atoms with E-state index in [0.29, 0.717) is 6.42 Å². The van der Waals surface area contributed by atoms with E-state index in [-0.39, 0.29) is 12.0 Å². The Hall–Kier alpha value is -0.570. The Morgan fingerprint density at radius 3 is 2.41 bits per heavy atom. The number of hydrogen-bond acceptors (Lipinski definition) is 3. The van der Waals surface area contributed by atoms with Crippen LogP contribution in [-0.4, -0.2) is 25.7 Å². The lowest BCUT2D eigenvalue weighted by atomic mass is 9.81. The van der Waals surface area contributed by atoms with Crippen molar-refractivity contribution in [3.05, 3.63) is 0 Å². The fraction of sp³-hybridized carbons (Fsp3) is 0.929. The summed E-state index contributed by atoms with van der Waals surface area (Å²) < 4.78 is 4.66. The third kappa shape index (κ3) is 5.53. The van der Waals surface area contributed by atoms with Crippen LogP contribution in [0.5, 0.6) is 0 Å². The van der Waals surface area contributed by atoms with E-state index in [1.54, 1.807) is 0 Å². The molecule has 1 rings (SSSR count). The van der Waals surface area contributed by atoms with Crippen LogP contribution in [0.1, 0.15) is 52.4 Å². The van der Waals surface area contributed by atoms with E-state index >= 15 is 0 Å². The molecule has 100 valence electrons. The molecule has 1 atom stereocenters. The van der Waals surface area contributed by atoms with Crippen LogP contribution in [0.4, 0.5) is 0 Å². The molecule has 0 aromatic rings. The van der Waals surface area contributed by atoms with Crippen LogP contribution in [0.3, 0.4) is 0 Å². The molecule has 0 aromatic carbocycles. The summed E-state index contributed by atoms with van der Waals surface area (Å²) in [6.07, 6.45) is 7.26. The number of carbonyl (C=O) groups excluding carboxylic acids is 1. The van der Waals surface area contributed by atoms with Crippen molar-refractivity contribution >= 4 is 5.97 Å². The molecule has 0 heterocycles. The Bertz CT molecular complexity index is 222. The summed E-state index contributed by atoms with van der Waals surface area (Å²) in [7, 11) is 1.45. The number of ether oxygens (including phenoxy) is 1. The van der Waals surface area contributed by atoms with Crippen LogP contribution >= 0.6 is 0 Å². The van der Waals surface area contributed by atoms with Gasteiger partial charge in [-0.15, -0.1) is 0 Å². The SMILES string of the molecule is CCC1CCC(CNC(C)CC(=O)OC)CC1. The number of hydrogen-bond donors (Lipinski definition) is 1. The molecule has 0 spiro atoms. The first kappa shape index (κ1) is 14.5. The third-order valence-corrected chi connectivity index (χ3v) is 4.00. The summed E-state index contributed by atoms with van der Waals surface area (Å²) in [5.41, 5.74) is 0. The van der Waals surface area contributed by atoms with E-state index in [4.69, 9.17) is 0 Å². The Morgan fingerprint density at radius 1 is 1.29 bits per heavy atom. The van der Waals surface area contributed by atoms with Crippen LogP contribution in [-0.2, 0) is 9.53 Å². The Morgan fingerprint density at radius 2 is 1.88 bits per heavy atom. The van der Waals surface area contributed by atoms with Gasteiger partial charge in [-0.2, -0.15) is 0 Å². The normalized spacial score (nSPS) is 26.5. The van der Waals surface area contributed by atoms with Crippen molar-refractivity contribution in [1.29, 1.82) is 0 Å². The Balaban J connectivity index is 2.12. The van der Waals surface area contributed by atoms with E-state index < -0.39 is 0 Å². The van der Waals surface area contributed by atoms with Gasteiger partial charge in [0.2, 0.25) is 0 Å². The fourth-order valence-electron chi connectivity index (χ4n) is 2.62. The summed E-state index contributed by atoms with van der Waals surface area (Å²) in [5, 5.41) is 3.45. The Labute approximate surface area is 105 Å². The minimum atomic E-state index is -0.125. The molecule has 17 heavy (non-hydrogen) atoms. The quantitative estimate of drug-likeness (QED) is 0.727. The smallest absolute Gasteiger partial charge is 0.307 e. The first-order valence-electron chi connectivity index (χ1n) is 6.95. The lowest BCUT2D eigenvalue weighted by Crippen LogP contribution is -2.34. The van der Waals surface area contributed by atoms with E-state index in [0.717, 1.165) is 18.4 Å². The second kappa shape index (κ2) is 7.70. The van der Waals surface area contributed by atoms with Gasteiger partial charge in [0.05, 0.1) is 13.5 Å². The first-order valence-corrected chi connectivity index (χ1v) is 6.95. The third-order valence-electron chi connectivity index (χ3n) is 4.00. The van der Waals surface area contributed by atoms with Crippen molar-refractivity contribution in [2.45, 2.75) is 58.4 Å². The highest BCUT2D eigenvalue weighted by Crippen LogP contribution is 2.30. The van der Waals surface area contributed by atoms with Crippen molar-refractivity contribution in [3.8, 4) is 0 Å². The van der Waals surface area contributed by atoms with Gasteiger partial charge in [0.15, 0.2) is 0 Å². The molecule has 1 fully saturated rings. The van der Waals surface area contributed by atoms with E-state index in [1.165, 1.54) is 39.2 Å². The molecule has 0 aromatic heterocycles. The first-order chi connectivity index (χ1) is 8.15. The molecule has 1 aliphatic carbocycles. The number of nitrogens with one attached hydrogen (secondary N) is 1. The number of rotatable bonds is 6. The molecular formula is C14H27NO2. The molecule has 1 unspecified atom stereocenters. The summed E-state index contributed by atoms with van der Waals surface area (Å²) in [5.74, 6) is 1.64. The van der Waals surface area contributed by atoms with Crippen molar-refractivity contribution in [2.24, 2.45) is 11.8 Å². The summed E-state index contributed by atoms with van der Waals surface area (Å²) in [6.45, 7) is 5.39. The highest BCUT2D eigenvalue weighted by molar-refractivity contribution is 5.69. The van der Waals surface area contributed by atoms with Crippen LogP contribution in [0.2, 0.25) is 0 Å². The average Bonchev–Trinajstić information content (AvgIpc) is 2.36. The van der Waals surface area contributed by atoms with Gasteiger partial charge in [0.25, 0.3) is 0 Å². The number of carbonyl (C=O) groups is 1. The maximum absolute atomic E-state index is 11.1. The lowest BCUT2D eigenvalue weighted by Gasteiger charge is -2.28. The molecule has 0 saturated heterocycles. The topological polar surface area (TPSA) is 38.3 Å². The lowest BCUT2D eigenvalue weighted by molar-refractivity contribution is -0.141. The standard InChI is InChI=1S/C14H27NO2/c1-4-12-5-7-13(8-6-12)10-15-11(2)9-14(16)17-3/h11-13,15H,4-10H2,1-3H3. The zero-order valence-corrected chi connectivity index (χ0v) is 11.5. The molecule has 3 heteroatoms. The largest absolute Gasteiger partial charge is 0.469 e. The van der Waals surface area contributed by atoms with Gasteiger partial charge in [0, 0.05) is 6.04 Å². The second-order valence-electron chi connectivity index (χ2n) is 5.38. The highest BCUT2D eigenvalue weighted by atomic mass is 16.5. The molecule has 0 aliphatic heterocycles. The van der Waals surface area contributed by atoms with E-state index in [9.17, 15) is 4.79 Å². The van der Waals surface area contributed by atoms with E-state index in [2.05, 4.69) is 23.9 Å². The van der Waals surface area contributed by atoms with Crippen LogP contribution in [0.15, 0.2) is 0 Å². The van der Waals surface area contributed by atoms with Gasteiger partial charge in [-0.3, -0.25) is 4.79 Å². The average molecular weight is 241 g/mol. The zero-order valence-electron chi connectivity index (χ0n) is 11.5. The summed E-state index contributed by atoms with van der Waals surface area (Å²) >= 11 is 0. The van der Waals surface area contributed by atoms with Crippen molar-refractivity contribution in [2.75, 3.05) is 13.7 Å². The predicted octanol–water partition coefficient (Wildman–Crippen LogP) is 2.74. The second-order valence-corrected chi connectivity index (χ2v) is 5.38. The van der Waals surface area contributed by atoms with Crippen molar-refractivity contribution in [1.82, 2.24) is 5.32 Å². The van der Waals surface area contributed by atoms with Gasteiger partial charge in [-0.05, 0) is 38.1 Å². The van der Waals surface area contributed by atoms with Crippen molar-refractivity contribution < 1.29 is 9.53 Å². The van der Waals surface area contributed by atoms with Crippen LogP contribution < -0.4 is 5.32 Å². The van der Waals surface area contributed by atoms with Crippen LogP contribution in [0.25, 0.3) is 0 Å². The molecule has 0 amide bonds. The summed E-state index contributed by atoms with van der Waals surface area (Å²) in [6, 6.07) is 0.228. The maximum atomic E-state index is 11.1. The number of esters is 1. The number of methoxy groups -OCH3 is 1. The Kier molecular flexibility index (Phi) is 6.56. The van der Waals surface area contributed by atoms with Gasteiger partial charge in [0.1, 0.15) is 0 Å². The van der Waals surface area contributed by atoms with Gasteiger partial charge < -0.3 is 10.1 Å². The van der Waals surface area contributed by atoms with Gasteiger partial charge >= 0.3 is 5.97 Å². The predicted molar refractivity (Wildman–Crippen MR) is 69.8 cm³/mol. The monoisotopic (exact) mass is 241 g/mol. The zero-order chi connectivity index (χ0) is 12.7. The van der Waals surface area contributed by atoms with Gasteiger partial charge in [-0.1, -0.05) is 26.2 Å². The van der Waals surface area contributed by atoms with Crippen LogP contribution in [0, 0.1) is 11.8 Å². The fourth-order valence-corrected chi connectivity index (χ4v) is 2.62. The minimum Gasteiger partial charge on any atom is -0.469 e. The molecule has 1 saturated carbocycles. The maximum Gasteiger partial charge on any atom is 0.307 e. The molecule has 0 bridgehead atoms. The highest BCUT2D eigenvalue weighted by Gasteiger charge is 2.20. The molecule has 1 N–H and O–H groups in total.